The van der Waals surface area contributed by atoms with Gasteiger partial charge in [0, 0.05) is 12.1 Å². The van der Waals surface area contributed by atoms with Crippen LogP contribution in [0.1, 0.15) is 47.7 Å². The van der Waals surface area contributed by atoms with E-state index in [4.69, 9.17) is 0 Å². The van der Waals surface area contributed by atoms with Gasteiger partial charge in [-0.3, -0.25) is 4.79 Å². The first kappa shape index (κ1) is 12.1. The Bertz CT molecular complexity index is 600. The standard InChI is InChI=1S/C15H15FN2O/c16-13-6-3-7-14(8-13)18-9-12(10-19)15(17-18)11-4-1-2-5-11/h3,6-11H,1-2,4-5H2. The first-order chi connectivity index (χ1) is 9.28. The molecule has 0 atom stereocenters. The van der Waals surface area contributed by atoms with E-state index in [1.165, 1.54) is 25.0 Å². The van der Waals surface area contributed by atoms with Crippen LogP contribution in [-0.2, 0) is 0 Å². The molecule has 2 aromatic rings. The third-order valence-corrected chi connectivity index (χ3v) is 3.71. The summed E-state index contributed by atoms with van der Waals surface area (Å²) in [4.78, 5) is 11.2. The molecule has 0 unspecified atom stereocenters. The summed E-state index contributed by atoms with van der Waals surface area (Å²) in [7, 11) is 0. The van der Waals surface area contributed by atoms with Crippen molar-refractivity contribution in [1.82, 2.24) is 9.78 Å². The monoisotopic (exact) mass is 258 g/mol. The fourth-order valence-electron chi connectivity index (χ4n) is 2.76. The van der Waals surface area contributed by atoms with Crippen molar-refractivity contribution in [1.29, 1.82) is 0 Å². The smallest absolute Gasteiger partial charge is 0.153 e. The molecule has 0 spiro atoms. The lowest BCUT2D eigenvalue weighted by molar-refractivity contribution is 0.112. The summed E-state index contributed by atoms with van der Waals surface area (Å²) >= 11 is 0. The molecule has 0 amide bonds. The quantitative estimate of drug-likeness (QED) is 0.790. The molecule has 1 aromatic carbocycles. The lowest BCUT2D eigenvalue weighted by Crippen LogP contribution is -2.00. The van der Waals surface area contributed by atoms with Crippen LogP contribution in [0, 0.1) is 5.82 Å². The predicted octanol–water partition coefficient (Wildman–Crippen LogP) is 3.48. The molecular formula is C15H15FN2O. The Balaban J connectivity index is 2.01. The summed E-state index contributed by atoms with van der Waals surface area (Å²) in [5, 5.41) is 4.49. The van der Waals surface area contributed by atoms with E-state index in [9.17, 15) is 9.18 Å². The van der Waals surface area contributed by atoms with E-state index in [1.54, 1.807) is 23.0 Å². The lowest BCUT2D eigenvalue weighted by atomic mass is 10.0. The van der Waals surface area contributed by atoms with Gasteiger partial charge in [0.2, 0.25) is 0 Å². The van der Waals surface area contributed by atoms with Gasteiger partial charge in [-0.2, -0.15) is 5.10 Å². The average Bonchev–Trinajstić information content (AvgIpc) is 3.07. The molecule has 19 heavy (non-hydrogen) atoms. The van der Waals surface area contributed by atoms with Gasteiger partial charge in [-0.15, -0.1) is 0 Å². The van der Waals surface area contributed by atoms with Crippen molar-refractivity contribution in [3.05, 3.63) is 47.5 Å². The highest BCUT2D eigenvalue weighted by atomic mass is 19.1. The average molecular weight is 258 g/mol. The minimum Gasteiger partial charge on any atom is -0.298 e. The van der Waals surface area contributed by atoms with Crippen molar-refractivity contribution in [3.8, 4) is 5.69 Å². The first-order valence-corrected chi connectivity index (χ1v) is 6.58. The number of carbonyl (C=O) groups excluding carboxylic acids is 1. The molecule has 0 radical (unpaired) electrons. The molecule has 0 saturated heterocycles. The molecule has 0 bridgehead atoms. The van der Waals surface area contributed by atoms with Gasteiger partial charge < -0.3 is 0 Å². The first-order valence-electron chi connectivity index (χ1n) is 6.58. The van der Waals surface area contributed by atoms with E-state index in [2.05, 4.69) is 5.10 Å². The predicted molar refractivity (Wildman–Crippen MR) is 70.1 cm³/mol. The van der Waals surface area contributed by atoms with Gasteiger partial charge in [-0.1, -0.05) is 18.9 Å². The second-order valence-electron chi connectivity index (χ2n) is 4.99. The Hall–Kier alpha value is -1.97. The number of halogens is 1. The second kappa shape index (κ2) is 4.96. The minimum atomic E-state index is -0.303. The number of hydrogen-bond donors (Lipinski definition) is 0. The van der Waals surface area contributed by atoms with Crippen LogP contribution in [0.15, 0.2) is 30.5 Å². The van der Waals surface area contributed by atoms with Crippen LogP contribution in [0.2, 0.25) is 0 Å². The molecule has 1 aromatic heterocycles. The van der Waals surface area contributed by atoms with E-state index >= 15 is 0 Å². The highest BCUT2D eigenvalue weighted by Crippen LogP contribution is 2.34. The second-order valence-corrected chi connectivity index (χ2v) is 4.99. The van der Waals surface area contributed by atoms with Gasteiger partial charge in [0.1, 0.15) is 5.82 Å². The zero-order chi connectivity index (χ0) is 13.2. The molecule has 0 aliphatic heterocycles. The number of hydrogen-bond acceptors (Lipinski definition) is 2. The fourth-order valence-corrected chi connectivity index (χ4v) is 2.76. The zero-order valence-corrected chi connectivity index (χ0v) is 10.6. The summed E-state index contributed by atoms with van der Waals surface area (Å²) in [6.45, 7) is 0. The molecule has 1 saturated carbocycles. The van der Waals surface area contributed by atoms with Gasteiger partial charge in [0.25, 0.3) is 0 Å². The van der Waals surface area contributed by atoms with Crippen LogP contribution in [0.4, 0.5) is 4.39 Å². The maximum Gasteiger partial charge on any atom is 0.153 e. The van der Waals surface area contributed by atoms with Crippen LogP contribution < -0.4 is 0 Å². The minimum absolute atomic E-state index is 0.303. The molecule has 1 aliphatic carbocycles. The van der Waals surface area contributed by atoms with Gasteiger partial charge >= 0.3 is 0 Å². The molecular weight excluding hydrogens is 243 g/mol. The van der Waals surface area contributed by atoms with Crippen molar-refractivity contribution in [2.45, 2.75) is 31.6 Å². The van der Waals surface area contributed by atoms with Crippen LogP contribution >= 0.6 is 0 Å². The summed E-state index contributed by atoms with van der Waals surface area (Å²) in [5.74, 6) is 0.0677. The van der Waals surface area contributed by atoms with E-state index < -0.39 is 0 Å². The van der Waals surface area contributed by atoms with E-state index in [0.29, 0.717) is 17.2 Å². The molecule has 4 heteroatoms. The molecule has 3 rings (SSSR count). The Morgan fingerprint density at radius 3 is 2.79 bits per heavy atom. The van der Waals surface area contributed by atoms with Crippen molar-refractivity contribution < 1.29 is 9.18 Å². The van der Waals surface area contributed by atoms with Crippen LogP contribution in [-0.4, -0.2) is 16.1 Å². The Morgan fingerprint density at radius 2 is 2.11 bits per heavy atom. The van der Waals surface area contributed by atoms with Crippen molar-refractivity contribution in [3.63, 3.8) is 0 Å². The van der Waals surface area contributed by atoms with Crippen molar-refractivity contribution in [2.75, 3.05) is 0 Å². The van der Waals surface area contributed by atoms with Gasteiger partial charge in [0.05, 0.1) is 16.9 Å². The highest BCUT2D eigenvalue weighted by Gasteiger charge is 2.23. The van der Waals surface area contributed by atoms with Crippen molar-refractivity contribution >= 4 is 6.29 Å². The molecule has 1 heterocycles. The normalized spacial score (nSPS) is 15.8. The van der Waals surface area contributed by atoms with Crippen molar-refractivity contribution in [2.24, 2.45) is 0 Å². The maximum atomic E-state index is 13.2. The number of carbonyl (C=O) groups is 1. The van der Waals surface area contributed by atoms with Gasteiger partial charge in [-0.25, -0.2) is 9.07 Å². The zero-order valence-electron chi connectivity index (χ0n) is 10.6. The maximum absolute atomic E-state index is 13.2. The topological polar surface area (TPSA) is 34.9 Å². The number of aromatic nitrogens is 2. The summed E-state index contributed by atoms with van der Waals surface area (Å²) < 4.78 is 14.8. The number of benzene rings is 1. The third-order valence-electron chi connectivity index (χ3n) is 3.71. The van der Waals surface area contributed by atoms with Crippen LogP contribution in [0.5, 0.6) is 0 Å². The molecule has 0 N–H and O–H groups in total. The Labute approximate surface area is 111 Å². The number of aldehydes is 1. The molecule has 1 aliphatic rings. The summed E-state index contributed by atoms with van der Waals surface area (Å²) in [5.41, 5.74) is 2.13. The number of nitrogens with zero attached hydrogens (tertiary/aromatic N) is 2. The summed E-state index contributed by atoms with van der Waals surface area (Å²) in [6, 6.07) is 6.23. The largest absolute Gasteiger partial charge is 0.298 e. The summed E-state index contributed by atoms with van der Waals surface area (Å²) in [6.07, 6.45) is 7.08. The number of rotatable bonds is 3. The highest BCUT2D eigenvalue weighted by molar-refractivity contribution is 5.76. The third kappa shape index (κ3) is 2.30. The van der Waals surface area contributed by atoms with E-state index in [0.717, 1.165) is 24.8 Å². The Morgan fingerprint density at radius 1 is 1.32 bits per heavy atom. The lowest BCUT2D eigenvalue weighted by Gasteiger charge is -2.05. The van der Waals surface area contributed by atoms with E-state index in [-0.39, 0.29) is 5.82 Å². The van der Waals surface area contributed by atoms with Crippen LogP contribution in [0.25, 0.3) is 5.69 Å². The van der Waals surface area contributed by atoms with Gasteiger partial charge in [-0.05, 0) is 31.0 Å². The molecule has 98 valence electrons. The van der Waals surface area contributed by atoms with Gasteiger partial charge in [0.15, 0.2) is 6.29 Å². The fraction of sp³-hybridized carbons (Fsp3) is 0.333. The van der Waals surface area contributed by atoms with E-state index in [1.807, 2.05) is 0 Å². The molecule has 3 nitrogen and oxygen atoms in total. The Kier molecular flexibility index (Phi) is 3.15. The molecule has 1 fully saturated rings. The SMILES string of the molecule is O=Cc1cn(-c2cccc(F)c2)nc1C1CCCC1. The van der Waals surface area contributed by atoms with Crippen LogP contribution in [0.3, 0.4) is 0 Å².